The first kappa shape index (κ1) is 40.9. The molecular weight excluding hydrogens is 869 g/mol. The number of aryl methyl sites for hydroxylation is 1. The van der Waals surface area contributed by atoms with E-state index in [0.29, 0.717) is 0 Å². The number of rotatable bonds is 4. The first-order valence-electron chi connectivity index (χ1n) is 25.2. The third-order valence-electron chi connectivity index (χ3n) is 16.1. The van der Waals surface area contributed by atoms with Gasteiger partial charge in [0.25, 0.3) is 0 Å². The fourth-order valence-electron chi connectivity index (χ4n) is 12.8. The van der Waals surface area contributed by atoms with Crippen molar-refractivity contribution in [2.75, 3.05) is 4.90 Å². The summed E-state index contributed by atoms with van der Waals surface area (Å²) < 4.78 is 2.52. The van der Waals surface area contributed by atoms with Crippen LogP contribution in [0.4, 0.5) is 17.1 Å². The summed E-state index contributed by atoms with van der Waals surface area (Å²) in [5.41, 5.74) is 15.5. The van der Waals surface area contributed by atoms with E-state index in [1.165, 1.54) is 137 Å². The summed E-state index contributed by atoms with van der Waals surface area (Å²) in [6.45, 7) is 7.07. The highest BCUT2D eigenvalue weighted by Crippen LogP contribution is 2.56. The van der Waals surface area contributed by atoms with Crippen LogP contribution in [0.5, 0.6) is 0 Å². The van der Waals surface area contributed by atoms with Crippen LogP contribution < -0.4 is 4.90 Å². The topological polar surface area (TPSA) is 8.17 Å². The maximum Gasteiger partial charge on any atom is 0.0562 e. The van der Waals surface area contributed by atoms with Crippen LogP contribution in [0.3, 0.4) is 0 Å². The van der Waals surface area contributed by atoms with Crippen LogP contribution in [-0.2, 0) is 5.41 Å². The second kappa shape index (κ2) is 15.3. The normalized spacial score (nSPS) is 13.3. The average molecular weight is 917 g/mol. The van der Waals surface area contributed by atoms with Crippen molar-refractivity contribution in [3.63, 3.8) is 0 Å². The Hall–Kier alpha value is -8.98. The summed E-state index contributed by atoms with van der Waals surface area (Å²) in [5, 5.41) is 17.7. The average Bonchev–Trinajstić information content (AvgIpc) is 3.74. The summed E-state index contributed by atoms with van der Waals surface area (Å²) in [4.78, 5) is 2.58. The molecule has 0 aliphatic carbocycles. The van der Waals surface area contributed by atoms with E-state index in [-0.39, 0.29) is 5.41 Å². The Morgan fingerprint density at radius 2 is 0.778 bits per heavy atom. The van der Waals surface area contributed by atoms with E-state index >= 15 is 0 Å². The van der Waals surface area contributed by atoms with Gasteiger partial charge in [-0.05, 0) is 166 Å². The Balaban J connectivity index is 1.08. The zero-order chi connectivity index (χ0) is 47.8. The van der Waals surface area contributed by atoms with E-state index in [1.807, 2.05) is 0 Å². The molecule has 13 aromatic carbocycles. The molecule has 0 saturated carbocycles. The highest BCUT2D eigenvalue weighted by Gasteiger charge is 2.39. The third kappa shape index (κ3) is 5.84. The van der Waals surface area contributed by atoms with Gasteiger partial charge < -0.3 is 9.47 Å². The van der Waals surface area contributed by atoms with Crippen LogP contribution in [0, 0.1) is 6.92 Å². The molecule has 2 nitrogen and oxygen atoms in total. The Bertz CT molecular complexity index is 4580. The number of anilines is 3. The van der Waals surface area contributed by atoms with Crippen LogP contribution in [0.15, 0.2) is 237 Å². The van der Waals surface area contributed by atoms with Crippen LogP contribution in [0.1, 0.15) is 30.5 Å². The monoisotopic (exact) mass is 916 g/mol. The zero-order valence-electron chi connectivity index (χ0n) is 40.4. The molecule has 0 atom stereocenters. The van der Waals surface area contributed by atoms with Gasteiger partial charge in [0.05, 0.1) is 22.4 Å². The highest BCUT2D eigenvalue weighted by atomic mass is 15.2. The summed E-state index contributed by atoms with van der Waals surface area (Å²) in [6.07, 6.45) is 0. The molecule has 2 heteroatoms. The minimum atomic E-state index is -0.346. The van der Waals surface area contributed by atoms with E-state index in [9.17, 15) is 0 Å². The fraction of sp³-hybridized carbons (Fsp3) is 0.0571. The van der Waals surface area contributed by atoms with Crippen molar-refractivity contribution in [2.24, 2.45) is 0 Å². The Morgan fingerprint density at radius 3 is 1.46 bits per heavy atom. The lowest BCUT2D eigenvalue weighted by Crippen LogP contribution is -2.30. The molecule has 1 aliphatic heterocycles. The minimum absolute atomic E-state index is 0.346. The van der Waals surface area contributed by atoms with Crippen molar-refractivity contribution in [3.8, 4) is 27.9 Å². The smallest absolute Gasteiger partial charge is 0.0562 e. The molecule has 338 valence electrons. The number of fused-ring (bicyclic) bond motifs is 14. The summed E-state index contributed by atoms with van der Waals surface area (Å²) in [7, 11) is 0. The van der Waals surface area contributed by atoms with Gasteiger partial charge in [-0.2, -0.15) is 0 Å². The zero-order valence-corrected chi connectivity index (χ0v) is 40.4. The number of hydrogen-bond acceptors (Lipinski definition) is 1. The van der Waals surface area contributed by atoms with E-state index < -0.39 is 0 Å². The van der Waals surface area contributed by atoms with E-state index in [2.05, 4.69) is 267 Å². The summed E-state index contributed by atoms with van der Waals surface area (Å²) in [6, 6.07) is 88.9. The number of aromatic nitrogens is 1. The van der Waals surface area contributed by atoms with Crippen LogP contribution in [0.25, 0.3) is 114 Å². The van der Waals surface area contributed by atoms with Crippen molar-refractivity contribution in [2.45, 2.75) is 26.2 Å². The molecule has 1 aromatic heterocycles. The van der Waals surface area contributed by atoms with Crippen LogP contribution in [0.2, 0.25) is 0 Å². The Labute approximate surface area is 418 Å². The number of hydrogen-bond donors (Lipinski definition) is 0. The third-order valence-corrected chi connectivity index (χ3v) is 16.1. The molecule has 0 fully saturated rings. The molecule has 0 amide bonds. The van der Waals surface area contributed by atoms with Gasteiger partial charge in [-0.1, -0.05) is 195 Å². The molecule has 72 heavy (non-hydrogen) atoms. The molecule has 14 aromatic rings. The molecule has 0 saturated heterocycles. The minimum Gasteiger partial charge on any atom is -0.310 e. The van der Waals surface area contributed by atoms with Gasteiger partial charge in [-0.15, -0.1) is 0 Å². The summed E-state index contributed by atoms with van der Waals surface area (Å²) in [5.74, 6) is 0. The predicted molar refractivity (Wildman–Crippen MR) is 308 cm³/mol. The largest absolute Gasteiger partial charge is 0.310 e. The quantitative estimate of drug-likeness (QED) is 0.126. The SMILES string of the molecule is Cc1ccc2c(c1)c1ccccc1c1cc3c4cc5c(cc4n(-c4ccccc4)c3cc21)N(c1ccc2c(-c3ccccc3)c3ccccc3c(-c3ccccc3)c2c1)c1cc2ccccc2cc1C5(C)C. The lowest BCUT2D eigenvalue weighted by molar-refractivity contribution is 0.634. The van der Waals surface area contributed by atoms with Gasteiger partial charge >= 0.3 is 0 Å². The number of para-hydroxylation sites is 1. The first-order valence-corrected chi connectivity index (χ1v) is 25.2. The lowest BCUT2D eigenvalue weighted by atomic mass is 9.72. The molecule has 15 rings (SSSR count). The van der Waals surface area contributed by atoms with E-state index in [1.54, 1.807) is 0 Å². The molecule has 1 aliphatic rings. The summed E-state index contributed by atoms with van der Waals surface area (Å²) >= 11 is 0. The standard InChI is InChI=1S/C70H48N2/c1-43-31-33-52-56(35-43)50-27-15-16-28-51(50)57-39-59-60-40-63-67(42-65(60)71(64(59)41-58(52)57)48-25-11-6-12-26-48)72(66-37-47-24-14-13-23-46(47)36-62(66)70(63,2)3)49-32-34-55-61(38-49)69(45-21-9-5-10-22-45)54-30-18-17-29-53(54)68(55)44-19-7-4-8-20-44/h4-42H,1-3H3. The van der Waals surface area contributed by atoms with Crippen molar-refractivity contribution in [1.29, 1.82) is 0 Å². The second-order valence-electron chi connectivity index (χ2n) is 20.5. The van der Waals surface area contributed by atoms with Gasteiger partial charge in [0.1, 0.15) is 0 Å². The van der Waals surface area contributed by atoms with E-state index in [0.717, 1.165) is 11.4 Å². The maximum absolute atomic E-state index is 2.58. The number of nitrogens with zero attached hydrogens (tertiary/aromatic N) is 2. The molecule has 2 heterocycles. The Morgan fingerprint density at radius 1 is 0.306 bits per heavy atom. The molecule has 0 bridgehead atoms. The predicted octanol–water partition coefficient (Wildman–Crippen LogP) is 19.5. The fourth-order valence-corrected chi connectivity index (χ4v) is 12.8. The molecule has 0 unspecified atom stereocenters. The van der Waals surface area contributed by atoms with Gasteiger partial charge in [0.2, 0.25) is 0 Å². The maximum atomic E-state index is 2.58. The van der Waals surface area contributed by atoms with Crippen LogP contribution in [-0.4, -0.2) is 4.57 Å². The molecular formula is C70H48N2. The number of benzene rings is 13. The Kier molecular flexibility index (Phi) is 8.66. The van der Waals surface area contributed by atoms with Crippen molar-refractivity contribution in [3.05, 3.63) is 253 Å². The van der Waals surface area contributed by atoms with Gasteiger partial charge in [-0.25, -0.2) is 0 Å². The van der Waals surface area contributed by atoms with Crippen molar-refractivity contribution >= 4 is 104 Å². The van der Waals surface area contributed by atoms with Gasteiger partial charge in [-0.3, -0.25) is 0 Å². The molecule has 0 radical (unpaired) electrons. The molecule has 0 spiro atoms. The van der Waals surface area contributed by atoms with E-state index in [4.69, 9.17) is 0 Å². The van der Waals surface area contributed by atoms with Gasteiger partial charge in [0, 0.05) is 27.6 Å². The lowest BCUT2D eigenvalue weighted by Gasteiger charge is -2.42. The van der Waals surface area contributed by atoms with Crippen LogP contribution >= 0.6 is 0 Å². The van der Waals surface area contributed by atoms with Gasteiger partial charge in [0.15, 0.2) is 0 Å². The second-order valence-corrected chi connectivity index (χ2v) is 20.5. The molecule has 0 N–H and O–H groups in total. The van der Waals surface area contributed by atoms with Crippen molar-refractivity contribution < 1.29 is 0 Å². The highest BCUT2D eigenvalue weighted by molar-refractivity contribution is 6.29. The first-order chi connectivity index (χ1) is 35.4. The van der Waals surface area contributed by atoms with Crippen molar-refractivity contribution in [1.82, 2.24) is 4.57 Å².